The van der Waals surface area contributed by atoms with Crippen molar-refractivity contribution in [3.05, 3.63) is 63.6 Å². The van der Waals surface area contributed by atoms with E-state index >= 15 is 0 Å². The Labute approximate surface area is 152 Å². The molecule has 0 atom stereocenters. The Morgan fingerprint density at radius 2 is 1.76 bits per heavy atom. The molecule has 0 fully saturated rings. The van der Waals surface area contributed by atoms with E-state index in [9.17, 15) is 18.4 Å². The Hall–Kier alpha value is -2.22. The molecule has 132 valence electrons. The summed E-state index contributed by atoms with van der Waals surface area (Å²) in [6.07, 6.45) is 0. The summed E-state index contributed by atoms with van der Waals surface area (Å²) >= 11 is 11.6. The van der Waals surface area contributed by atoms with Gasteiger partial charge in [0.1, 0.15) is 23.9 Å². The Morgan fingerprint density at radius 1 is 1.12 bits per heavy atom. The van der Waals surface area contributed by atoms with Gasteiger partial charge in [0.25, 0.3) is 5.91 Å². The summed E-state index contributed by atoms with van der Waals surface area (Å²) in [4.78, 5) is 25.2. The van der Waals surface area contributed by atoms with Crippen molar-refractivity contribution < 1.29 is 23.1 Å². The van der Waals surface area contributed by atoms with Crippen LogP contribution >= 0.6 is 23.2 Å². The van der Waals surface area contributed by atoms with Crippen LogP contribution < -0.4 is 5.32 Å². The zero-order valence-electron chi connectivity index (χ0n) is 12.9. The highest BCUT2D eigenvalue weighted by atomic mass is 35.5. The Kier molecular flexibility index (Phi) is 6.30. The van der Waals surface area contributed by atoms with Crippen LogP contribution in [0.25, 0.3) is 0 Å². The van der Waals surface area contributed by atoms with Crippen molar-refractivity contribution in [2.45, 2.75) is 0 Å². The zero-order valence-corrected chi connectivity index (χ0v) is 14.4. The third kappa shape index (κ3) is 4.45. The Morgan fingerprint density at radius 3 is 2.32 bits per heavy atom. The van der Waals surface area contributed by atoms with E-state index < -0.39 is 35.9 Å². The normalized spacial score (nSPS) is 10.4. The van der Waals surface area contributed by atoms with Crippen molar-refractivity contribution in [3.8, 4) is 0 Å². The summed E-state index contributed by atoms with van der Waals surface area (Å²) in [6.45, 7) is -0.514. The van der Waals surface area contributed by atoms with Crippen LogP contribution in [0.1, 0.15) is 10.4 Å². The van der Waals surface area contributed by atoms with Crippen molar-refractivity contribution >= 4 is 40.8 Å². The minimum absolute atomic E-state index is 0.184. The first-order valence-electron chi connectivity index (χ1n) is 6.86. The average molecular weight is 389 g/mol. The molecule has 0 bridgehead atoms. The number of anilines is 1. The van der Waals surface area contributed by atoms with Gasteiger partial charge in [-0.25, -0.2) is 18.5 Å². The van der Waals surface area contributed by atoms with Crippen LogP contribution in [0.3, 0.4) is 0 Å². The van der Waals surface area contributed by atoms with E-state index in [4.69, 9.17) is 27.9 Å². The van der Waals surface area contributed by atoms with E-state index in [1.807, 2.05) is 0 Å². The Bertz CT molecular complexity index is 798. The van der Waals surface area contributed by atoms with E-state index in [2.05, 4.69) is 5.32 Å². The molecule has 0 aliphatic rings. The van der Waals surface area contributed by atoms with Gasteiger partial charge in [0.15, 0.2) is 0 Å². The second-order valence-electron chi connectivity index (χ2n) is 4.81. The highest BCUT2D eigenvalue weighted by molar-refractivity contribution is 6.42. The number of urea groups is 1. The van der Waals surface area contributed by atoms with Crippen molar-refractivity contribution in [1.82, 2.24) is 4.90 Å². The summed E-state index contributed by atoms with van der Waals surface area (Å²) in [5.74, 6) is -3.36. The second-order valence-corrected chi connectivity index (χ2v) is 5.62. The van der Waals surface area contributed by atoms with Crippen LogP contribution in [0.5, 0.6) is 0 Å². The minimum atomic E-state index is -1.19. The largest absolute Gasteiger partial charge is 0.364 e. The number of ether oxygens (including phenoxy) is 1. The molecule has 1 N–H and O–H groups in total. The van der Waals surface area contributed by atoms with Crippen LogP contribution in [0.4, 0.5) is 19.3 Å². The molecular formula is C16H12Cl2F2N2O3. The number of imide groups is 1. The molecule has 0 saturated carbocycles. The maximum Gasteiger partial charge on any atom is 0.330 e. The number of nitrogens with zero attached hydrogens (tertiary/aromatic N) is 1. The van der Waals surface area contributed by atoms with Crippen molar-refractivity contribution in [3.63, 3.8) is 0 Å². The number of benzene rings is 2. The van der Waals surface area contributed by atoms with E-state index in [0.717, 1.165) is 18.2 Å². The first kappa shape index (κ1) is 19.1. The fourth-order valence-electron chi connectivity index (χ4n) is 1.94. The molecule has 0 aromatic heterocycles. The monoisotopic (exact) mass is 388 g/mol. The number of carbonyl (C=O) groups excluding carboxylic acids is 2. The number of rotatable bonds is 4. The summed E-state index contributed by atoms with van der Waals surface area (Å²) in [6, 6.07) is 6.24. The van der Waals surface area contributed by atoms with E-state index in [1.165, 1.54) is 25.3 Å². The van der Waals surface area contributed by atoms with E-state index in [1.54, 1.807) is 0 Å². The fourth-order valence-corrected chi connectivity index (χ4v) is 2.24. The summed E-state index contributed by atoms with van der Waals surface area (Å²) < 4.78 is 32.4. The molecule has 3 amide bonds. The number of hydrogen-bond acceptors (Lipinski definition) is 3. The molecule has 0 aliphatic carbocycles. The lowest BCUT2D eigenvalue weighted by Gasteiger charge is -2.21. The number of nitrogens with one attached hydrogen (secondary N) is 1. The Balaban J connectivity index is 2.28. The molecule has 2 aromatic carbocycles. The van der Waals surface area contributed by atoms with Gasteiger partial charge in [0.05, 0.1) is 10.0 Å². The topological polar surface area (TPSA) is 58.6 Å². The average Bonchev–Trinajstić information content (AvgIpc) is 2.55. The molecule has 0 radical (unpaired) electrons. The predicted octanol–water partition coefficient (Wildman–Crippen LogP) is 4.55. The maximum atomic E-state index is 13.8. The van der Waals surface area contributed by atoms with Gasteiger partial charge in [-0.05, 0) is 30.3 Å². The summed E-state index contributed by atoms with van der Waals surface area (Å²) in [5, 5.41) is 2.84. The number of halogens is 4. The molecule has 0 aliphatic heterocycles. The predicted molar refractivity (Wildman–Crippen MR) is 89.9 cm³/mol. The quantitative estimate of drug-likeness (QED) is 0.781. The molecule has 0 heterocycles. The SMILES string of the molecule is COCN(C(=O)Nc1ccc(Cl)c(Cl)c1)C(=O)c1c(F)cccc1F. The molecule has 2 rings (SSSR count). The van der Waals surface area contributed by atoms with Gasteiger partial charge in [0.2, 0.25) is 0 Å². The molecule has 0 unspecified atom stereocenters. The lowest BCUT2D eigenvalue weighted by Crippen LogP contribution is -2.42. The van der Waals surface area contributed by atoms with Gasteiger partial charge in [-0.15, -0.1) is 0 Å². The van der Waals surface area contributed by atoms with Crippen LogP contribution in [-0.4, -0.2) is 30.7 Å². The molecule has 25 heavy (non-hydrogen) atoms. The lowest BCUT2D eigenvalue weighted by molar-refractivity contribution is 0.0548. The molecule has 2 aromatic rings. The highest BCUT2D eigenvalue weighted by Crippen LogP contribution is 2.25. The molecule has 9 heteroatoms. The fraction of sp³-hybridized carbons (Fsp3) is 0.125. The standard InChI is InChI=1S/C16H12Cl2F2N2O3/c1-25-8-22(15(23)14-12(19)3-2-4-13(14)20)16(24)21-9-5-6-10(17)11(18)7-9/h2-7H,8H2,1H3,(H,21,24). The van der Waals surface area contributed by atoms with Crippen LogP contribution in [0, 0.1) is 11.6 Å². The van der Waals surface area contributed by atoms with Gasteiger partial charge < -0.3 is 10.1 Å². The smallest absolute Gasteiger partial charge is 0.330 e. The van der Waals surface area contributed by atoms with E-state index in [-0.39, 0.29) is 15.7 Å². The van der Waals surface area contributed by atoms with Crippen LogP contribution in [-0.2, 0) is 4.74 Å². The minimum Gasteiger partial charge on any atom is -0.364 e. The third-order valence-corrected chi connectivity index (χ3v) is 3.84. The zero-order chi connectivity index (χ0) is 18.6. The first-order chi connectivity index (χ1) is 11.8. The van der Waals surface area contributed by atoms with Crippen molar-refractivity contribution in [2.75, 3.05) is 19.2 Å². The van der Waals surface area contributed by atoms with Crippen molar-refractivity contribution in [2.24, 2.45) is 0 Å². The molecule has 0 saturated heterocycles. The second kappa shape index (κ2) is 8.24. The third-order valence-electron chi connectivity index (χ3n) is 3.10. The van der Waals surface area contributed by atoms with Gasteiger partial charge in [0, 0.05) is 12.8 Å². The van der Waals surface area contributed by atoms with E-state index in [0.29, 0.717) is 4.90 Å². The van der Waals surface area contributed by atoms with Gasteiger partial charge in [-0.1, -0.05) is 29.3 Å². The number of amides is 3. The summed E-state index contributed by atoms with van der Waals surface area (Å²) in [5.41, 5.74) is -0.619. The summed E-state index contributed by atoms with van der Waals surface area (Å²) in [7, 11) is 1.23. The maximum absolute atomic E-state index is 13.8. The van der Waals surface area contributed by atoms with Crippen LogP contribution in [0.2, 0.25) is 10.0 Å². The molecule has 0 spiro atoms. The number of hydrogen-bond donors (Lipinski definition) is 1. The van der Waals surface area contributed by atoms with Gasteiger partial charge in [-0.2, -0.15) is 0 Å². The van der Waals surface area contributed by atoms with Crippen LogP contribution in [0.15, 0.2) is 36.4 Å². The van der Waals surface area contributed by atoms with Gasteiger partial charge in [-0.3, -0.25) is 4.79 Å². The molecule has 5 nitrogen and oxygen atoms in total. The number of methoxy groups -OCH3 is 1. The lowest BCUT2D eigenvalue weighted by atomic mass is 10.1. The highest BCUT2D eigenvalue weighted by Gasteiger charge is 2.28. The van der Waals surface area contributed by atoms with Gasteiger partial charge >= 0.3 is 6.03 Å². The first-order valence-corrected chi connectivity index (χ1v) is 7.61. The molecular weight excluding hydrogens is 377 g/mol. The number of carbonyl (C=O) groups is 2. The van der Waals surface area contributed by atoms with Crippen molar-refractivity contribution in [1.29, 1.82) is 0 Å².